The highest BCUT2D eigenvalue weighted by Crippen LogP contribution is 2.27. The van der Waals surface area contributed by atoms with Crippen LogP contribution in [0.1, 0.15) is 52.9 Å². The Balaban J connectivity index is 2.68. The molecule has 0 radical (unpaired) electrons. The summed E-state index contributed by atoms with van der Waals surface area (Å²) in [5, 5.41) is 2.27. The molecular formula is C17H29F3N2O4S. The molecule has 0 aromatic rings. The van der Waals surface area contributed by atoms with Gasteiger partial charge in [0.05, 0.1) is 0 Å². The largest absolute Gasteiger partial charge is 0.511 e. The molecule has 0 bridgehead atoms. The van der Waals surface area contributed by atoms with E-state index in [-0.39, 0.29) is 12.5 Å². The molecule has 0 aliphatic heterocycles. The predicted molar refractivity (Wildman–Crippen MR) is 96.5 cm³/mol. The van der Waals surface area contributed by atoms with E-state index in [0.29, 0.717) is 4.31 Å². The van der Waals surface area contributed by atoms with E-state index in [4.69, 9.17) is 4.74 Å². The molecular weight excluding hydrogens is 385 g/mol. The number of alkyl halides is 3. The van der Waals surface area contributed by atoms with E-state index in [1.54, 1.807) is 26.8 Å². The molecule has 1 N–H and O–H groups in total. The van der Waals surface area contributed by atoms with Crippen LogP contribution in [0.4, 0.5) is 18.0 Å². The van der Waals surface area contributed by atoms with Crippen molar-refractivity contribution in [2.45, 2.75) is 64.0 Å². The Bertz CT molecular complexity index is 607. The van der Waals surface area contributed by atoms with Crippen molar-refractivity contribution in [1.29, 1.82) is 0 Å². The van der Waals surface area contributed by atoms with Crippen molar-refractivity contribution in [3.63, 3.8) is 0 Å². The van der Waals surface area contributed by atoms with Crippen molar-refractivity contribution in [3.05, 3.63) is 12.2 Å². The van der Waals surface area contributed by atoms with E-state index in [0.717, 1.165) is 32.1 Å². The van der Waals surface area contributed by atoms with E-state index < -0.39 is 40.3 Å². The van der Waals surface area contributed by atoms with Crippen molar-refractivity contribution in [1.82, 2.24) is 9.62 Å². The fourth-order valence-corrected chi connectivity index (χ4v) is 3.66. The summed E-state index contributed by atoms with van der Waals surface area (Å²) in [5.41, 5.74) is -6.15. The summed E-state index contributed by atoms with van der Waals surface area (Å²) >= 11 is 0. The molecule has 158 valence electrons. The first kappa shape index (κ1) is 23.7. The Morgan fingerprint density at radius 2 is 1.78 bits per heavy atom. The Kier molecular flexibility index (Phi) is 8.59. The third-order valence-corrected chi connectivity index (χ3v) is 5.63. The van der Waals surface area contributed by atoms with Crippen molar-refractivity contribution < 1.29 is 31.1 Å². The summed E-state index contributed by atoms with van der Waals surface area (Å²) in [7, 11) is -5.48. The highest BCUT2D eigenvalue weighted by atomic mass is 32.2. The lowest BCUT2D eigenvalue weighted by Gasteiger charge is -2.24. The lowest BCUT2D eigenvalue weighted by atomic mass is 9.89. The van der Waals surface area contributed by atoms with Crippen LogP contribution in [-0.2, 0) is 14.8 Å². The quantitative estimate of drug-likeness (QED) is 0.643. The van der Waals surface area contributed by atoms with Crippen LogP contribution >= 0.6 is 0 Å². The molecule has 1 rings (SSSR count). The predicted octanol–water partition coefficient (Wildman–Crippen LogP) is 3.80. The third-order valence-electron chi connectivity index (χ3n) is 4.03. The number of rotatable bonds is 7. The molecule has 0 unspecified atom stereocenters. The highest BCUT2D eigenvalue weighted by molar-refractivity contribution is 7.90. The molecule has 10 heteroatoms. The fraction of sp³-hybridized carbons (Fsp3) is 0.824. The van der Waals surface area contributed by atoms with Gasteiger partial charge in [-0.15, -0.1) is 0 Å². The van der Waals surface area contributed by atoms with Crippen LogP contribution in [0, 0.1) is 5.92 Å². The average molecular weight is 414 g/mol. The number of sulfonamides is 1. The molecule has 27 heavy (non-hydrogen) atoms. The number of nitrogens with zero attached hydrogens (tertiary/aromatic N) is 1. The molecule has 0 heterocycles. The van der Waals surface area contributed by atoms with Gasteiger partial charge in [0, 0.05) is 19.6 Å². The van der Waals surface area contributed by atoms with Crippen molar-refractivity contribution in [2.75, 3.05) is 19.6 Å². The van der Waals surface area contributed by atoms with Gasteiger partial charge in [-0.05, 0) is 39.5 Å². The van der Waals surface area contributed by atoms with Gasteiger partial charge in [0.1, 0.15) is 5.60 Å². The number of amides is 1. The Labute approximate surface area is 159 Å². The molecule has 1 fully saturated rings. The van der Waals surface area contributed by atoms with Gasteiger partial charge in [-0.25, -0.2) is 13.2 Å². The lowest BCUT2D eigenvalue weighted by Crippen LogP contribution is -2.45. The first-order chi connectivity index (χ1) is 12.3. The molecule has 1 amide bonds. The summed E-state index contributed by atoms with van der Waals surface area (Å²) in [5.74, 6) is 0.272. The second kappa shape index (κ2) is 9.77. The molecule has 0 aromatic carbocycles. The summed E-state index contributed by atoms with van der Waals surface area (Å²) in [6.07, 6.45) is 7.65. The van der Waals surface area contributed by atoms with E-state index >= 15 is 0 Å². The number of halogens is 3. The van der Waals surface area contributed by atoms with Gasteiger partial charge in [0.15, 0.2) is 0 Å². The van der Waals surface area contributed by atoms with Gasteiger partial charge in [0.2, 0.25) is 0 Å². The number of hydrogen-bond donors (Lipinski definition) is 1. The van der Waals surface area contributed by atoms with Crippen LogP contribution < -0.4 is 5.32 Å². The summed E-state index contributed by atoms with van der Waals surface area (Å²) in [6, 6.07) is 0. The zero-order valence-electron chi connectivity index (χ0n) is 16.0. The number of ether oxygens (including phenoxy) is 1. The molecule has 1 aliphatic rings. The molecule has 1 aliphatic carbocycles. The van der Waals surface area contributed by atoms with Gasteiger partial charge in [-0.2, -0.15) is 17.5 Å². The first-order valence-electron chi connectivity index (χ1n) is 9.03. The summed E-state index contributed by atoms with van der Waals surface area (Å²) in [6.45, 7) is 3.74. The minimum absolute atomic E-state index is 0.272. The second-order valence-corrected chi connectivity index (χ2v) is 9.49. The Morgan fingerprint density at radius 1 is 1.19 bits per heavy atom. The molecule has 0 saturated heterocycles. The number of carbonyl (C=O) groups excluding carboxylic acids is 1. The molecule has 1 saturated carbocycles. The number of hydrogen-bond acceptors (Lipinski definition) is 4. The molecule has 0 atom stereocenters. The maximum atomic E-state index is 12.9. The monoisotopic (exact) mass is 414 g/mol. The normalized spacial score (nSPS) is 17.4. The first-order valence-corrected chi connectivity index (χ1v) is 10.5. The van der Waals surface area contributed by atoms with Crippen molar-refractivity contribution in [3.8, 4) is 0 Å². The number of nitrogens with one attached hydrogen (secondary N) is 1. The zero-order chi connectivity index (χ0) is 20.7. The number of allylic oxidation sites excluding steroid dienone is 1. The van der Waals surface area contributed by atoms with Crippen LogP contribution in [-0.4, -0.2) is 49.6 Å². The molecule has 0 aromatic heterocycles. The summed E-state index contributed by atoms with van der Waals surface area (Å²) < 4.78 is 67.5. The van der Waals surface area contributed by atoms with Gasteiger partial charge in [-0.3, -0.25) is 0 Å². The van der Waals surface area contributed by atoms with Gasteiger partial charge in [-0.1, -0.05) is 31.4 Å². The minimum Gasteiger partial charge on any atom is -0.444 e. The van der Waals surface area contributed by atoms with E-state index in [1.165, 1.54) is 6.08 Å². The van der Waals surface area contributed by atoms with Gasteiger partial charge in [0.25, 0.3) is 0 Å². The average Bonchev–Trinajstić information content (AvgIpc) is 2.51. The van der Waals surface area contributed by atoms with Crippen LogP contribution in [0.3, 0.4) is 0 Å². The van der Waals surface area contributed by atoms with Gasteiger partial charge >= 0.3 is 21.6 Å². The van der Waals surface area contributed by atoms with Crippen LogP contribution in [0.2, 0.25) is 0 Å². The number of carbonyl (C=O) groups is 1. The second-order valence-electron chi connectivity index (χ2n) is 7.56. The standard InChI is InChI=1S/C17H29F3N2O4S/c1-16(2,3)26-15(23)21-11-13-22(27(24,25)17(18,19)20)12-7-10-14-8-5-4-6-9-14/h7,10,14H,4-6,8-9,11-13H2,1-3H3,(H,21,23)/b10-7+. The van der Waals surface area contributed by atoms with E-state index in [2.05, 4.69) is 5.32 Å². The Hall–Kier alpha value is -1.29. The SMILES string of the molecule is CC(C)(C)OC(=O)NCCN(C/C=C/C1CCCCC1)S(=O)(=O)C(F)(F)F. The lowest BCUT2D eigenvalue weighted by molar-refractivity contribution is -0.0485. The van der Waals surface area contributed by atoms with Crippen molar-refractivity contribution >= 4 is 16.1 Å². The Morgan fingerprint density at radius 3 is 2.30 bits per heavy atom. The highest BCUT2D eigenvalue weighted by Gasteiger charge is 2.49. The van der Waals surface area contributed by atoms with Crippen LogP contribution in [0.15, 0.2) is 12.2 Å². The van der Waals surface area contributed by atoms with Crippen LogP contribution in [0.5, 0.6) is 0 Å². The topological polar surface area (TPSA) is 75.7 Å². The van der Waals surface area contributed by atoms with E-state index in [1.807, 2.05) is 0 Å². The maximum Gasteiger partial charge on any atom is 0.511 e. The zero-order valence-corrected chi connectivity index (χ0v) is 16.8. The fourth-order valence-electron chi connectivity index (χ4n) is 2.75. The van der Waals surface area contributed by atoms with Crippen molar-refractivity contribution in [2.24, 2.45) is 5.92 Å². The third kappa shape index (κ3) is 8.50. The van der Waals surface area contributed by atoms with Gasteiger partial charge < -0.3 is 10.1 Å². The maximum absolute atomic E-state index is 12.9. The molecule has 6 nitrogen and oxygen atoms in total. The smallest absolute Gasteiger partial charge is 0.444 e. The summed E-state index contributed by atoms with van der Waals surface area (Å²) in [4.78, 5) is 11.6. The minimum atomic E-state index is -5.48. The van der Waals surface area contributed by atoms with Crippen LogP contribution in [0.25, 0.3) is 0 Å². The molecule has 0 spiro atoms. The number of alkyl carbamates (subject to hydrolysis) is 1. The van der Waals surface area contributed by atoms with E-state index in [9.17, 15) is 26.4 Å².